The second-order valence-electron chi connectivity index (χ2n) is 12.4. The smallest absolute Gasteiger partial charge is 0.100 e. The van der Waals surface area contributed by atoms with E-state index in [0.717, 1.165) is 77.6 Å². The van der Waals surface area contributed by atoms with Crippen LogP contribution in [0.1, 0.15) is 28.8 Å². The maximum absolute atomic E-state index is 10.2. The van der Waals surface area contributed by atoms with Crippen molar-refractivity contribution in [3.8, 4) is 51.8 Å². The predicted molar refractivity (Wildman–Crippen MR) is 197 cm³/mol. The van der Waals surface area contributed by atoms with Crippen LogP contribution in [-0.4, -0.2) is 9.13 Å². The summed E-state index contributed by atoms with van der Waals surface area (Å²) in [5.41, 5.74) is 12.9. The Labute approximate surface area is 289 Å². The molecule has 230 valence electrons. The number of nitrogens with zero attached hydrogens (tertiary/aromatic N) is 5. The van der Waals surface area contributed by atoms with Gasteiger partial charge in [-0.1, -0.05) is 78.9 Å². The molecule has 2 heterocycles. The predicted octanol–water partition coefficient (Wildman–Crippen LogP) is 10.3. The monoisotopic (exact) mass is 635 g/mol. The average molecular weight is 636 g/mol. The summed E-state index contributed by atoms with van der Waals surface area (Å²) >= 11 is 0. The van der Waals surface area contributed by atoms with Gasteiger partial charge in [-0.3, -0.25) is 0 Å². The van der Waals surface area contributed by atoms with Gasteiger partial charge < -0.3 is 9.13 Å². The molecular weight excluding hydrogens is 611 g/mol. The second-order valence-corrected chi connectivity index (χ2v) is 12.4. The third-order valence-electron chi connectivity index (χ3n) is 9.80. The van der Waals surface area contributed by atoms with Crippen molar-refractivity contribution in [3.63, 3.8) is 0 Å². The first-order chi connectivity index (χ1) is 24.7. The molecule has 0 amide bonds. The molecular formula is C45H25N5. The average Bonchev–Trinajstić information content (AvgIpc) is 3.69. The largest absolute Gasteiger partial charge is 0.312 e. The fraction of sp³-hybridized carbons (Fsp3) is 0.0444. The van der Waals surface area contributed by atoms with Gasteiger partial charge in [0.15, 0.2) is 0 Å². The van der Waals surface area contributed by atoms with Crippen LogP contribution >= 0.6 is 0 Å². The van der Waals surface area contributed by atoms with Gasteiger partial charge in [0.05, 0.1) is 51.1 Å². The third kappa shape index (κ3) is 4.33. The number of rotatable bonds is 4. The van der Waals surface area contributed by atoms with Crippen molar-refractivity contribution in [2.24, 2.45) is 0 Å². The number of fused-ring (bicyclic) bond motifs is 6. The Balaban J connectivity index is 1.30. The van der Waals surface area contributed by atoms with Crippen LogP contribution in [0, 0.1) is 46.1 Å². The van der Waals surface area contributed by atoms with Gasteiger partial charge in [0.1, 0.15) is 6.07 Å². The topological polar surface area (TPSA) is 81.2 Å². The van der Waals surface area contributed by atoms with E-state index in [-0.39, 0.29) is 0 Å². The van der Waals surface area contributed by atoms with Crippen molar-refractivity contribution in [3.05, 3.63) is 161 Å². The summed E-state index contributed by atoms with van der Waals surface area (Å²) in [5, 5.41) is 32.8. The van der Waals surface area contributed by atoms with Crippen LogP contribution in [0.3, 0.4) is 0 Å². The molecule has 1 aliphatic rings. The number of allylic oxidation sites excluding steroid dienone is 1. The minimum Gasteiger partial charge on any atom is -0.312 e. The van der Waals surface area contributed by atoms with Crippen LogP contribution in [-0.2, 0) is 6.42 Å². The lowest BCUT2D eigenvalue weighted by Crippen LogP contribution is -2.08. The highest BCUT2D eigenvalue weighted by Gasteiger charge is 2.25. The van der Waals surface area contributed by atoms with Gasteiger partial charge in [-0.15, -0.1) is 0 Å². The lowest BCUT2D eigenvalue weighted by molar-refractivity contribution is 0.872. The highest BCUT2D eigenvalue weighted by molar-refractivity contribution is 6.09. The van der Waals surface area contributed by atoms with Crippen molar-refractivity contribution < 1.29 is 0 Å². The highest BCUT2D eigenvalue weighted by atomic mass is 15.0. The summed E-state index contributed by atoms with van der Waals surface area (Å²) < 4.78 is 4.57. The minimum absolute atomic E-state index is 0.528. The van der Waals surface area contributed by atoms with Gasteiger partial charge in [0.2, 0.25) is 0 Å². The van der Waals surface area contributed by atoms with E-state index in [2.05, 4.69) is 100 Å². The Morgan fingerprint density at radius 2 is 1.34 bits per heavy atom. The van der Waals surface area contributed by atoms with Crippen molar-refractivity contribution in [2.75, 3.05) is 0 Å². The maximum atomic E-state index is 10.2. The summed E-state index contributed by atoms with van der Waals surface area (Å²) in [6.07, 6.45) is 3.41. The van der Waals surface area contributed by atoms with E-state index in [4.69, 9.17) is 0 Å². The Hall–Kier alpha value is -7.31. The molecule has 0 atom stereocenters. The van der Waals surface area contributed by atoms with Crippen molar-refractivity contribution in [2.45, 2.75) is 12.8 Å². The Kier molecular flexibility index (Phi) is 6.60. The maximum Gasteiger partial charge on any atom is 0.100 e. The molecule has 0 saturated heterocycles. The molecule has 5 nitrogen and oxygen atoms in total. The van der Waals surface area contributed by atoms with Crippen LogP contribution in [0.15, 0.2) is 127 Å². The summed E-state index contributed by atoms with van der Waals surface area (Å²) in [7, 11) is 0. The first-order valence-corrected chi connectivity index (χ1v) is 16.4. The van der Waals surface area contributed by atoms with Gasteiger partial charge in [-0.05, 0) is 79.1 Å². The molecule has 6 aromatic carbocycles. The molecule has 2 aromatic heterocycles. The summed E-state index contributed by atoms with van der Waals surface area (Å²) in [5.74, 6) is 0. The molecule has 0 N–H and O–H groups in total. The lowest BCUT2D eigenvalue weighted by atomic mass is 9.93. The minimum atomic E-state index is 0.528. The second kappa shape index (κ2) is 11.4. The standard InChI is InChI=1S/C45H25N5/c46-26-29-16-22-43-39(24-29)36-10-3-5-14-41(36)49(43)33-20-18-31(19-21-33)35-12-7-13-38(34-9-2-1-8-32(34)28-48)45(35)50-42-15-6-4-11-37(42)40-25-30(27-47)17-23-44(40)50/h1,3-8,10-16,18-22,24-25H,17,23H2. The summed E-state index contributed by atoms with van der Waals surface area (Å²) in [4.78, 5) is 0. The molecule has 0 unspecified atom stereocenters. The molecule has 0 fully saturated rings. The summed E-state index contributed by atoms with van der Waals surface area (Å²) in [6, 6.07) is 54.2. The molecule has 0 aliphatic heterocycles. The molecule has 9 rings (SSSR count). The van der Waals surface area contributed by atoms with Gasteiger partial charge in [0.25, 0.3) is 0 Å². The number of benzene rings is 5. The fourth-order valence-corrected chi connectivity index (χ4v) is 7.59. The Morgan fingerprint density at radius 1 is 0.600 bits per heavy atom. The van der Waals surface area contributed by atoms with E-state index < -0.39 is 0 Å². The first kappa shape index (κ1) is 28.9. The summed E-state index contributed by atoms with van der Waals surface area (Å²) in [6.45, 7) is 0. The van der Waals surface area contributed by atoms with E-state index in [1.165, 1.54) is 0 Å². The molecule has 8 aromatic rings. The molecule has 1 aliphatic carbocycles. The normalized spacial score (nSPS) is 12.1. The molecule has 0 spiro atoms. The van der Waals surface area contributed by atoms with Gasteiger partial charge in [-0.25, -0.2) is 0 Å². The molecule has 5 heteroatoms. The zero-order chi connectivity index (χ0) is 33.8. The molecule has 50 heavy (non-hydrogen) atoms. The van der Waals surface area contributed by atoms with Crippen molar-refractivity contribution in [1.29, 1.82) is 15.8 Å². The number of nitriles is 3. The van der Waals surface area contributed by atoms with Gasteiger partial charge in [-0.2, -0.15) is 15.8 Å². The number of hydrogen-bond donors (Lipinski definition) is 0. The van der Waals surface area contributed by atoms with E-state index in [1.807, 2.05) is 54.6 Å². The van der Waals surface area contributed by atoms with Crippen LogP contribution < -0.4 is 0 Å². The molecule has 0 saturated carbocycles. The zero-order valence-electron chi connectivity index (χ0n) is 26.8. The van der Waals surface area contributed by atoms with Crippen LogP contribution in [0.2, 0.25) is 0 Å². The number of aromatic nitrogens is 2. The first-order valence-electron chi connectivity index (χ1n) is 16.4. The molecule has 0 radical (unpaired) electrons. The Morgan fingerprint density at radius 3 is 2.12 bits per heavy atom. The number of hydrogen-bond acceptors (Lipinski definition) is 3. The van der Waals surface area contributed by atoms with E-state index in [0.29, 0.717) is 29.5 Å². The van der Waals surface area contributed by atoms with E-state index in [1.54, 1.807) is 12.1 Å². The number of para-hydroxylation sites is 3. The fourth-order valence-electron chi connectivity index (χ4n) is 7.59. The quantitative estimate of drug-likeness (QED) is 0.193. The van der Waals surface area contributed by atoms with E-state index >= 15 is 0 Å². The van der Waals surface area contributed by atoms with Crippen LogP contribution in [0.25, 0.3) is 72.4 Å². The van der Waals surface area contributed by atoms with Crippen molar-refractivity contribution in [1.82, 2.24) is 9.13 Å². The van der Waals surface area contributed by atoms with Crippen LogP contribution in [0.5, 0.6) is 0 Å². The van der Waals surface area contributed by atoms with Gasteiger partial charge >= 0.3 is 0 Å². The third-order valence-corrected chi connectivity index (χ3v) is 9.80. The Bertz CT molecular complexity index is 2840. The van der Waals surface area contributed by atoms with Gasteiger partial charge in [0, 0.05) is 49.8 Å². The van der Waals surface area contributed by atoms with Crippen LogP contribution in [0.4, 0.5) is 0 Å². The lowest BCUT2D eigenvalue weighted by Gasteiger charge is -2.21. The van der Waals surface area contributed by atoms with E-state index in [9.17, 15) is 15.8 Å². The zero-order valence-corrected chi connectivity index (χ0v) is 26.8. The highest BCUT2D eigenvalue weighted by Crippen LogP contribution is 2.43. The SMILES string of the molecule is N#CC1=Cc2c(n(-c3c(-c4ccc(-n5c6ccccc6c6cc(C#N)ccc65)cc4)cccc3-c3c#cccc3C#N)c3ccccc23)CC1. The molecule has 0 bridgehead atoms. The van der Waals surface area contributed by atoms with Crippen molar-refractivity contribution >= 4 is 38.8 Å².